The van der Waals surface area contributed by atoms with Crippen molar-refractivity contribution >= 4 is 18.0 Å². The van der Waals surface area contributed by atoms with E-state index in [-0.39, 0.29) is 5.78 Å². The second-order valence-electron chi connectivity index (χ2n) is 7.73. The van der Waals surface area contributed by atoms with Crippen molar-refractivity contribution in [3.05, 3.63) is 51.2 Å². The number of carbonyl (C=O) groups is 1. The number of pyridine rings is 1. The molecule has 0 saturated heterocycles. The Kier molecular flexibility index (Phi) is 7.17. The Hall–Kier alpha value is -2.25. The first-order chi connectivity index (χ1) is 13.6. The van der Waals surface area contributed by atoms with Gasteiger partial charge in [-0.25, -0.2) is 0 Å². The summed E-state index contributed by atoms with van der Waals surface area (Å²) < 4.78 is 0.527. The molecular formula is C24H28N2OS. The highest BCUT2D eigenvalue weighted by atomic mass is 32.1. The number of ketones is 1. The SMILES string of the molecule is CC(=O)c1ccc(-c2[nH]c(=S)c(C#N)c3c2CCCCCCCCCC3)cc1. The van der Waals surface area contributed by atoms with Crippen LogP contribution in [-0.2, 0) is 12.8 Å². The molecule has 0 fully saturated rings. The summed E-state index contributed by atoms with van der Waals surface area (Å²) in [6.45, 7) is 1.58. The van der Waals surface area contributed by atoms with Crippen LogP contribution >= 0.6 is 12.2 Å². The highest BCUT2D eigenvalue weighted by molar-refractivity contribution is 7.71. The smallest absolute Gasteiger partial charge is 0.159 e. The maximum Gasteiger partial charge on any atom is 0.159 e. The molecule has 1 N–H and O–H groups in total. The lowest BCUT2D eigenvalue weighted by atomic mass is 9.89. The lowest BCUT2D eigenvalue weighted by Gasteiger charge is -2.18. The maximum atomic E-state index is 11.6. The molecule has 2 aromatic rings. The molecule has 0 amide bonds. The summed E-state index contributed by atoms with van der Waals surface area (Å²) in [6, 6.07) is 10.1. The van der Waals surface area contributed by atoms with Gasteiger partial charge in [-0.05, 0) is 49.3 Å². The van der Waals surface area contributed by atoms with Crippen LogP contribution in [0.25, 0.3) is 11.3 Å². The fourth-order valence-electron chi connectivity index (χ4n) is 4.14. The van der Waals surface area contributed by atoms with E-state index < -0.39 is 0 Å². The predicted octanol–water partition coefficient (Wildman–Crippen LogP) is 6.70. The van der Waals surface area contributed by atoms with Gasteiger partial charge in [0.2, 0.25) is 0 Å². The van der Waals surface area contributed by atoms with Gasteiger partial charge in [-0.3, -0.25) is 4.79 Å². The molecule has 3 nitrogen and oxygen atoms in total. The molecule has 0 atom stereocenters. The average Bonchev–Trinajstić information content (AvgIpc) is 2.68. The third-order valence-electron chi connectivity index (χ3n) is 5.73. The molecule has 146 valence electrons. The van der Waals surface area contributed by atoms with Gasteiger partial charge in [0.25, 0.3) is 0 Å². The summed E-state index contributed by atoms with van der Waals surface area (Å²) in [5.74, 6) is 0.0645. The molecule has 0 unspecified atom stereocenters. The zero-order chi connectivity index (χ0) is 19.9. The van der Waals surface area contributed by atoms with Crippen molar-refractivity contribution in [1.82, 2.24) is 4.98 Å². The van der Waals surface area contributed by atoms with Crippen LogP contribution in [0.1, 0.15) is 85.3 Å². The fourth-order valence-corrected chi connectivity index (χ4v) is 4.41. The monoisotopic (exact) mass is 392 g/mol. The number of Topliss-reactive ketones (excluding diaryl/α,β-unsaturated/α-hetero) is 1. The molecule has 1 heterocycles. The van der Waals surface area contributed by atoms with Crippen LogP contribution in [0, 0.1) is 16.0 Å². The molecule has 3 rings (SSSR count). The van der Waals surface area contributed by atoms with Crippen molar-refractivity contribution in [3.63, 3.8) is 0 Å². The number of hydrogen-bond acceptors (Lipinski definition) is 3. The molecule has 28 heavy (non-hydrogen) atoms. The van der Waals surface area contributed by atoms with Gasteiger partial charge in [-0.15, -0.1) is 0 Å². The Labute approximate surface area is 172 Å². The standard InChI is InChI=1S/C24H28N2OS/c1-17(27)18-12-14-19(15-13-18)23-21-11-9-7-5-3-2-4-6-8-10-20(21)22(16-25)24(28)26-23/h12-15H,2-11H2,1H3,(H,26,28). The number of carbonyl (C=O) groups excluding carboxylic acids is 1. The lowest BCUT2D eigenvalue weighted by molar-refractivity contribution is 0.101. The number of aromatic nitrogens is 1. The van der Waals surface area contributed by atoms with E-state index in [1.54, 1.807) is 6.92 Å². The molecular weight excluding hydrogens is 364 g/mol. The zero-order valence-electron chi connectivity index (χ0n) is 16.6. The van der Waals surface area contributed by atoms with Crippen molar-refractivity contribution < 1.29 is 4.79 Å². The van der Waals surface area contributed by atoms with E-state index in [0.29, 0.717) is 15.8 Å². The zero-order valence-corrected chi connectivity index (χ0v) is 17.5. The van der Waals surface area contributed by atoms with Crippen LogP contribution in [0.2, 0.25) is 0 Å². The minimum atomic E-state index is 0.0645. The first-order valence-corrected chi connectivity index (χ1v) is 10.8. The highest BCUT2D eigenvalue weighted by Gasteiger charge is 2.17. The van der Waals surface area contributed by atoms with Crippen molar-refractivity contribution in [2.75, 3.05) is 0 Å². The summed E-state index contributed by atoms with van der Waals surface area (Å²) in [4.78, 5) is 15.0. The van der Waals surface area contributed by atoms with Crippen molar-refractivity contribution in [2.45, 2.75) is 71.1 Å². The second kappa shape index (κ2) is 9.80. The number of aromatic amines is 1. The summed E-state index contributed by atoms with van der Waals surface area (Å²) in [5.41, 5.74) is 5.78. The summed E-state index contributed by atoms with van der Waals surface area (Å²) in [5, 5.41) is 9.75. The van der Waals surface area contributed by atoms with E-state index in [2.05, 4.69) is 11.1 Å². The number of benzene rings is 1. The second-order valence-corrected chi connectivity index (χ2v) is 8.14. The number of rotatable bonds is 2. The van der Waals surface area contributed by atoms with Gasteiger partial charge in [-0.1, -0.05) is 75.0 Å². The number of nitrogens with zero attached hydrogens (tertiary/aromatic N) is 1. The number of nitrogens with one attached hydrogen (secondary N) is 1. The van der Waals surface area contributed by atoms with Gasteiger partial charge in [-0.2, -0.15) is 5.26 Å². The Morgan fingerprint density at radius 1 is 0.929 bits per heavy atom. The molecule has 0 saturated carbocycles. The Bertz CT molecular complexity index is 935. The molecule has 0 spiro atoms. The normalized spacial score (nSPS) is 15.6. The number of hydrogen-bond donors (Lipinski definition) is 1. The van der Waals surface area contributed by atoms with Crippen molar-refractivity contribution in [1.29, 1.82) is 5.26 Å². The molecule has 1 aliphatic rings. The first kappa shape index (κ1) is 20.5. The molecule has 0 bridgehead atoms. The van der Waals surface area contributed by atoms with Gasteiger partial charge in [0.1, 0.15) is 10.7 Å². The largest absolute Gasteiger partial charge is 0.345 e. The highest BCUT2D eigenvalue weighted by Crippen LogP contribution is 2.31. The molecule has 1 aromatic heterocycles. The summed E-state index contributed by atoms with van der Waals surface area (Å²) >= 11 is 5.55. The van der Waals surface area contributed by atoms with Crippen molar-refractivity contribution in [2.24, 2.45) is 0 Å². The Morgan fingerprint density at radius 2 is 1.46 bits per heavy atom. The quantitative estimate of drug-likeness (QED) is 0.457. The topological polar surface area (TPSA) is 56.6 Å². The van der Waals surface area contributed by atoms with Gasteiger partial charge >= 0.3 is 0 Å². The van der Waals surface area contributed by atoms with Gasteiger partial charge < -0.3 is 4.98 Å². The molecule has 0 radical (unpaired) electrons. The number of nitriles is 1. The lowest BCUT2D eigenvalue weighted by Crippen LogP contribution is -2.06. The van der Waals surface area contributed by atoms with Crippen LogP contribution in [0.3, 0.4) is 0 Å². The van der Waals surface area contributed by atoms with E-state index in [1.165, 1.54) is 44.1 Å². The summed E-state index contributed by atoms with van der Waals surface area (Å²) in [6.07, 6.45) is 11.7. The van der Waals surface area contributed by atoms with E-state index in [9.17, 15) is 10.1 Å². The average molecular weight is 393 g/mol. The van der Waals surface area contributed by atoms with Gasteiger partial charge in [0.05, 0.1) is 5.56 Å². The fraction of sp³-hybridized carbons (Fsp3) is 0.458. The minimum Gasteiger partial charge on any atom is -0.345 e. The van der Waals surface area contributed by atoms with E-state index in [1.807, 2.05) is 24.3 Å². The van der Waals surface area contributed by atoms with Crippen LogP contribution < -0.4 is 0 Å². The third-order valence-corrected chi connectivity index (χ3v) is 6.04. The number of H-pyrrole nitrogens is 1. The minimum absolute atomic E-state index is 0.0645. The predicted molar refractivity (Wildman–Crippen MR) is 116 cm³/mol. The van der Waals surface area contributed by atoms with Gasteiger partial charge in [0, 0.05) is 11.3 Å². The van der Waals surface area contributed by atoms with E-state index in [0.717, 1.165) is 42.5 Å². The third kappa shape index (κ3) is 4.77. The summed E-state index contributed by atoms with van der Waals surface area (Å²) in [7, 11) is 0. The van der Waals surface area contributed by atoms with Crippen LogP contribution in [0.15, 0.2) is 24.3 Å². The molecule has 1 aromatic carbocycles. The number of fused-ring (bicyclic) bond motifs is 1. The van der Waals surface area contributed by atoms with Crippen molar-refractivity contribution in [3.8, 4) is 17.3 Å². The molecule has 0 aliphatic heterocycles. The van der Waals surface area contributed by atoms with Crippen LogP contribution in [-0.4, -0.2) is 10.8 Å². The molecule has 4 heteroatoms. The van der Waals surface area contributed by atoms with Crippen LogP contribution in [0.4, 0.5) is 0 Å². The Morgan fingerprint density at radius 3 is 2.00 bits per heavy atom. The molecule has 1 aliphatic carbocycles. The first-order valence-electron chi connectivity index (χ1n) is 10.4. The van der Waals surface area contributed by atoms with E-state index >= 15 is 0 Å². The van der Waals surface area contributed by atoms with E-state index in [4.69, 9.17) is 12.2 Å². The van der Waals surface area contributed by atoms with Crippen LogP contribution in [0.5, 0.6) is 0 Å². The Balaban J connectivity index is 2.10. The van der Waals surface area contributed by atoms with Gasteiger partial charge in [0.15, 0.2) is 5.78 Å². The maximum absolute atomic E-state index is 11.6.